The topological polar surface area (TPSA) is 59.0 Å². The lowest BCUT2D eigenvalue weighted by molar-refractivity contribution is 0.140. The molecule has 25 heavy (non-hydrogen) atoms. The van der Waals surface area contributed by atoms with Crippen LogP contribution in [0.5, 0.6) is 5.75 Å². The molecule has 2 aromatic carbocycles. The second-order valence-electron chi connectivity index (χ2n) is 5.15. The van der Waals surface area contributed by atoms with Crippen LogP contribution in [0, 0.1) is 6.92 Å². The molecule has 0 atom stereocenters. The average Bonchev–Trinajstić information content (AvgIpc) is 2.59. The van der Waals surface area contributed by atoms with Crippen molar-refractivity contribution in [3.05, 3.63) is 57.6 Å². The Bertz CT molecular complexity index is 770. The third-order valence-electron chi connectivity index (χ3n) is 3.44. The summed E-state index contributed by atoms with van der Waals surface area (Å²) in [7, 11) is 1.13. The van der Waals surface area contributed by atoms with Gasteiger partial charge in [0.15, 0.2) is 0 Å². The quantitative estimate of drug-likeness (QED) is 0.535. The first-order valence-corrected chi connectivity index (χ1v) is 8.00. The number of carbonyl (C=O) groups is 1. The van der Waals surface area contributed by atoms with Gasteiger partial charge >= 0.3 is 6.09 Å². The van der Waals surface area contributed by atoms with E-state index in [9.17, 15) is 18.8 Å². The van der Waals surface area contributed by atoms with Gasteiger partial charge in [-0.3, -0.25) is 5.21 Å². The summed E-state index contributed by atoms with van der Waals surface area (Å²) >= 11 is 3.30. The molecule has 5 nitrogen and oxygen atoms in total. The average molecular weight is 416 g/mol. The van der Waals surface area contributed by atoms with E-state index >= 15 is 0 Å². The van der Waals surface area contributed by atoms with Gasteiger partial charge in [-0.25, -0.2) is 13.6 Å². The van der Waals surface area contributed by atoms with E-state index in [4.69, 9.17) is 4.74 Å². The largest absolute Gasteiger partial charge is 0.488 e. The molecule has 8 heteroatoms. The fourth-order valence-electron chi connectivity index (χ4n) is 2.19. The van der Waals surface area contributed by atoms with Gasteiger partial charge in [-0.1, -0.05) is 33.6 Å². The van der Waals surface area contributed by atoms with Crippen LogP contribution in [0.25, 0.3) is 0 Å². The Morgan fingerprint density at radius 1 is 1.32 bits per heavy atom. The number of carbonyl (C=O) groups excluding carboxylic acids is 1. The van der Waals surface area contributed by atoms with Gasteiger partial charge in [0.05, 0.1) is 18.4 Å². The van der Waals surface area contributed by atoms with Crippen LogP contribution in [0.1, 0.15) is 23.1 Å². The molecule has 2 rings (SSSR count). The predicted molar refractivity (Wildman–Crippen MR) is 91.3 cm³/mol. The molecule has 0 aliphatic rings. The molecule has 0 saturated carbocycles. The lowest BCUT2D eigenvalue weighted by Crippen LogP contribution is -2.28. The van der Waals surface area contributed by atoms with E-state index in [1.807, 2.05) is 0 Å². The van der Waals surface area contributed by atoms with Crippen molar-refractivity contribution >= 4 is 27.7 Å². The van der Waals surface area contributed by atoms with E-state index < -0.39 is 12.5 Å². The highest BCUT2D eigenvalue weighted by Crippen LogP contribution is 2.33. The smallest absolute Gasteiger partial charge is 0.438 e. The molecule has 0 radical (unpaired) electrons. The molecular weight excluding hydrogens is 400 g/mol. The summed E-state index contributed by atoms with van der Waals surface area (Å²) in [5, 5.41) is 10.3. The maximum absolute atomic E-state index is 13.2. The van der Waals surface area contributed by atoms with E-state index in [0.29, 0.717) is 20.7 Å². The third-order valence-corrected chi connectivity index (χ3v) is 4.19. The van der Waals surface area contributed by atoms with Gasteiger partial charge in [-0.2, -0.15) is 5.06 Å². The lowest BCUT2D eigenvalue weighted by Gasteiger charge is -2.19. The van der Waals surface area contributed by atoms with Crippen LogP contribution >= 0.6 is 15.9 Å². The van der Waals surface area contributed by atoms with Crippen molar-refractivity contribution in [1.82, 2.24) is 0 Å². The van der Waals surface area contributed by atoms with Crippen LogP contribution in [0.15, 0.2) is 40.9 Å². The van der Waals surface area contributed by atoms with Gasteiger partial charge in [-0.15, -0.1) is 0 Å². The molecule has 0 aliphatic heterocycles. The zero-order valence-electron chi connectivity index (χ0n) is 13.5. The van der Waals surface area contributed by atoms with Crippen LogP contribution in [-0.4, -0.2) is 18.4 Å². The first kappa shape index (κ1) is 19.1. The summed E-state index contributed by atoms with van der Waals surface area (Å²) in [4.78, 5) is 11.5. The van der Waals surface area contributed by atoms with Crippen molar-refractivity contribution in [3.63, 3.8) is 0 Å². The van der Waals surface area contributed by atoms with Gasteiger partial charge in [0.25, 0.3) is 6.43 Å². The number of alkyl halides is 2. The number of hydroxylamine groups is 1. The summed E-state index contributed by atoms with van der Waals surface area (Å²) in [5.74, 6) is 0.0323. The minimum Gasteiger partial charge on any atom is -0.488 e. The molecule has 0 aromatic heterocycles. The number of benzene rings is 2. The van der Waals surface area contributed by atoms with Gasteiger partial charge in [0.2, 0.25) is 0 Å². The number of amides is 1. The number of halogens is 3. The standard InChI is InChI=1S/C17H16BrF2NO4/c1-10-6-7-15(11(8-10)16(19)20)25-9-12-13(18)4-3-5-14(12)21(23)17(22)24-2/h3-8,16,23H,9H2,1-2H3. The minimum absolute atomic E-state index is 0.0323. The summed E-state index contributed by atoms with van der Waals surface area (Å²) in [5.41, 5.74) is 0.988. The molecule has 1 amide bonds. The van der Waals surface area contributed by atoms with Crippen LogP contribution in [0.2, 0.25) is 0 Å². The molecule has 0 fully saturated rings. The van der Waals surface area contributed by atoms with E-state index in [2.05, 4.69) is 20.7 Å². The fraction of sp³-hybridized carbons (Fsp3) is 0.235. The molecule has 1 N–H and O–H groups in total. The Kier molecular flexibility index (Phi) is 6.33. The van der Waals surface area contributed by atoms with Gasteiger partial charge in [0, 0.05) is 10.0 Å². The number of nitrogens with zero attached hydrogens (tertiary/aromatic N) is 1. The highest BCUT2D eigenvalue weighted by molar-refractivity contribution is 9.10. The second kappa shape index (κ2) is 8.26. The highest BCUT2D eigenvalue weighted by Gasteiger charge is 2.20. The van der Waals surface area contributed by atoms with Crippen molar-refractivity contribution in [1.29, 1.82) is 0 Å². The van der Waals surface area contributed by atoms with Gasteiger partial charge in [-0.05, 0) is 31.2 Å². The number of hydrogen-bond acceptors (Lipinski definition) is 4. The van der Waals surface area contributed by atoms with Crippen molar-refractivity contribution in [3.8, 4) is 5.75 Å². The Morgan fingerprint density at radius 3 is 2.68 bits per heavy atom. The Balaban J connectivity index is 2.31. The first-order valence-electron chi connectivity index (χ1n) is 7.21. The van der Waals surface area contributed by atoms with Crippen LogP contribution in [0.3, 0.4) is 0 Å². The number of anilines is 1. The van der Waals surface area contributed by atoms with Crippen molar-refractivity contribution < 1.29 is 28.3 Å². The fourth-order valence-corrected chi connectivity index (χ4v) is 2.66. The van der Waals surface area contributed by atoms with Gasteiger partial charge < -0.3 is 9.47 Å². The van der Waals surface area contributed by atoms with E-state index in [-0.39, 0.29) is 23.6 Å². The monoisotopic (exact) mass is 415 g/mol. The molecule has 0 bridgehead atoms. The third kappa shape index (κ3) is 4.46. The van der Waals surface area contributed by atoms with Gasteiger partial charge in [0.1, 0.15) is 12.4 Å². The van der Waals surface area contributed by atoms with Crippen LogP contribution < -0.4 is 9.80 Å². The van der Waals surface area contributed by atoms with E-state index in [0.717, 1.165) is 7.11 Å². The Labute approximate surface area is 151 Å². The molecule has 0 aliphatic carbocycles. The highest BCUT2D eigenvalue weighted by atomic mass is 79.9. The number of methoxy groups -OCH3 is 1. The SMILES string of the molecule is COC(=O)N(O)c1cccc(Br)c1COc1ccc(C)cc1C(F)F. The maximum Gasteiger partial charge on any atom is 0.438 e. The summed E-state index contributed by atoms with van der Waals surface area (Å²) in [6.45, 7) is 1.56. The Morgan fingerprint density at radius 2 is 2.04 bits per heavy atom. The summed E-state index contributed by atoms with van der Waals surface area (Å²) in [6, 6.07) is 9.23. The number of rotatable bonds is 5. The van der Waals surface area contributed by atoms with Crippen LogP contribution in [-0.2, 0) is 11.3 Å². The van der Waals surface area contributed by atoms with E-state index in [1.54, 1.807) is 25.1 Å². The lowest BCUT2D eigenvalue weighted by atomic mass is 10.1. The maximum atomic E-state index is 13.2. The normalized spacial score (nSPS) is 10.7. The molecule has 2 aromatic rings. The molecule has 0 saturated heterocycles. The summed E-state index contributed by atoms with van der Waals surface area (Å²) < 4.78 is 36.9. The molecule has 0 heterocycles. The molecule has 0 spiro atoms. The number of ether oxygens (including phenoxy) is 2. The Hall–Kier alpha value is -2.19. The number of hydrogen-bond donors (Lipinski definition) is 1. The zero-order chi connectivity index (χ0) is 18.6. The molecular formula is C17H16BrF2NO4. The zero-order valence-corrected chi connectivity index (χ0v) is 15.1. The predicted octanol–water partition coefficient (Wildman–Crippen LogP) is 5.24. The summed E-state index contributed by atoms with van der Waals surface area (Å²) in [6.07, 6.45) is -3.67. The van der Waals surface area contributed by atoms with Crippen molar-refractivity contribution in [2.75, 3.05) is 12.2 Å². The van der Waals surface area contributed by atoms with Crippen LogP contribution in [0.4, 0.5) is 19.3 Å². The molecule has 0 unspecified atom stereocenters. The first-order chi connectivity index (χ1) is 11.8. The second-order valence-corrected chi connectivity index (χ2v) is 6.00. The number of aryl methyl sites for hydroxylation is 1. The molecule has 134 valence electrons. The van der Waals surface area contributed by atoms with Crippen molar-refractivity contribution in [2.45, 2.75) is 20.0 Å². The van der Waals surface area contributed by atoms with E-state index in [1.165, 1.54) is 18.2 Å². The van der Waals surface area contributed by atoms with Crippen molar-refractivity contribution in [2.24, 2.45) is 0 Å². The minimum atomic E-state index is -2.68.